The molecule has 0 atom stereocenters. The maximum absolute atomic E-state index is 4.14. The predicted molar refractivity (Wildman–Crippen MR) is 126 cm³/mol. The molecule has 0 unspecified atom stereocenters. The predicted octanol–water partition coefficient (Wildman–Crippen LogP) is 9.20. The number of nitrogens with one attached hydrogen (secondary N) is 1. The molecule has 1 N–H and O–H groups in total. The molecule has 27 heavy (non-hydrogen) atoms. The number of hydrogen-bond donors (Lipinski definition) is 1. The van der Waals surface area contributed by atoms with Crippen molar-refractivity contribution in [3.63, 3.8) is 0 Å². The Hall–Kier alpha value is -0.0400. The summed E-state index contributed by atoms with van der Waals surface area (Å²) in [7, 11) is 0. The highest BCUT2D eigenvalue weighted by Gasteiger charge is 2.27. The molecular formula is C26H55N. The highest BCUT2D eigenvalue weighted by molar-refractivity contribution is 4.88. The summed E-state index contributed by atoms with van der Waals surface area (Å²) in [6.45, 7) is 10.6. The highest BCUT2D eigenvalue weighted by atomic mass is 15.0. The van der Waals surface area contributed by atoms with Gasteiger partial charge in [-0.3, -0.25) is 0 Å². The molecule has 0 aromatic rings. The van der Waals surface area contributed by atoms with E-state index in [0.717, 1.165) is 0 Å². The second kappa shape index (κ2) is 20.7. The Morgan fingerprint density at radius 3 is 1.11 bits per heavy atom. The Labute approximate surface area is 173 Å². The molecule has 1 nitrogen and oxygen atoms in total. The Bertz CT molecular complexity index is 242. The molecule has 164 valence electrons. The number of hydrogen-bond acceptors (Lipinski definition) is 1. The third-order valence-electron chi connectivity index (χ3n) is 6.31. The van der Waals surface area contributed by atoms with Crippen molar-refractivity contribution in [2.75, 3.05) is 6.54 Å². The largest absolute Gasteiger partial charge is 0.311 e. The monoisotopic (exact) mass is 381 g/mol. The third kappa shape index (κ3) is 16.6. The first kappa shape index (κ1) is 27.0. The van der Waals surface area contributed by atoms with Crippen molar-refractivity contribution >= 4 is 0 Å². The van der Waals surface area contributed by atoms with E-state index in [2.05, 4.69) is 33.0 Å². The van der Waals surface area contributed by atoms with E-state index in [1.54, 1.807) is 0 Å². The lowest BCUT2D eigenvalue weighted by molar-refractivity contribution is 0.235. The Morgan fingerprint density at radius 2 is 0.741 bits per heavy atom. The minimum atomic E-state index is 0.444. The summed E-state index contributed by atoms with van der Waals surface area (Å²) in [5, 5.41) is 4.14. The van der Waals surface area contributed by atoms with E-state index in [9.17, 15) is 0 Å². The molecule has 0 radical (unpaired) electrons. The normalized spacial score (nSPS) is 12.0. The van der Waals surface area contributed by atoms with Crippen LogP contribution >= 0.6 is 0 Å². The van der Waals surface area contributed by atoms with Gasteiger partial charge in [-0.25, -0.2) is 0 Å². The van der Waals surface area contributed by atoms with Crippen LogP contribution in [0.25, 0.3) is 0 Å². The molecule has 0 heterocycles. The second-order valence-corrected chi connectivity index (χ2v) is 9.05. The first-order valence-electron chi connectivity index (χ1n) is 13.0. The van der Waals surface area contributed by atoms with E-state index in [1.807, 2.05) is 0 Å². The maximum Gasteiger partial charge on any atom is 0.0181 e. The Morgan fingerprint density at radius 1 is 0.407 bits per heavy atom. The van der Waals surface area contributed by atoms with Crippen molar-refractivity contribution < 1.29 is 0 Å². The molecule has 0 aromatic heterocycles. The summed E-state index contributed by atoms with van der Waals surface area (Å²) >= 11 is 0. The average molecular weight is 382 g/mol. The van der Waals surface area contributed by atoms with Crippen LogP contribution in [0.5, 0.6) is 0 Å². The minimum absolute atomic E-state index is 0.444. The molecule has 0 aliphatic carbocycles. The second-order valence-electron chi connectivity index (χ2n) is 9.05. The zero-order valence-corrected chi connectivity index (χ0v) is 19.8. The van der Waals surface area contributed by atoms with Gasteiger partial charge in [0.25, 0.3) is 0 Å². The van der Waals surface area contributed by atoms with Crippen molar-refractivity contribution in [2.45, 2.75) is 162 Å². The zero-order chi connectivity index (χ0) is 20.1. The lowest BCUT2D eigenvalue weighted by atomic mass is 9.81. The van der Waals surface area contributed by atoms with Gasteiger partial charge < -0.3 is 5.32 Å². The summed E-state index contributed by atoms with van der Waals surface area (Å²) in [4.78, 5) is 0. The maximum atomic E-state index is 4.14. The van der Waals surface area contributed by atoms with E-state index >= 15 is 0 Å². The van der Waals surface area contributed by atoms with Crippen LogP contribution in [-0.2, 0) is 0 Å². The van der Waals surface area contributed by atoms with Crippen molar-refractivity contribution in [1.82, 2.24) is 5.32 Å². The van der Waals surface area contributed by atoms with Gasteiger partial charge in [-0.1, -0.05) is 130 Å². The summed E-state index contributed by atoms with van der Waals surface area (Å²) in [6.07, 6.45) is 28.1. The van der Waals surface area contributed by atoms with Crippen LogP contribution in [0.1, 0.15) is 156 Å². The van der Waals surface area contributed by atoms with Crippen LogP contribution < -0.4 is 5.32 Å². The molecule has 1 heteroatoms. The molecule has 0 spiro atoms. The fourth-order valence-corrected chi connectivity index (χ4v) is 4.39. The summed E-state index contributed by atoms with van der Waals surface area (Å²) < 4.78 is 0. The van der Waals surface area contributed by atoms with Crippen molar-refractivity contribution in [3.05, 3.63) is 0 Å². The lowest BCUT2D eigenvalue weighted by Crippen LogP contribution is -2.45. The molecule has 0 aliphatic heterocycles. The van der Waals surface area contributed by atoms with E-state index in [1.165, 1.54) is 135 Å². The van der Waals surface area contributed by atoms with E-state index in [4.69, 9.17) is 0 Å². The minimum Gasteiger partial charge on any atom is -0.311 e. The van der Waals surface area contributed by atoms with Crippen LogP contribution in [0.3, 0.4) is 0 Å². The highest BCUT2D eigenvalue weighted by Crippen LogP contribution is 2.29. The smallest absolute Gasteiger partial charge is 0.0181 e. The zero-order valence-electron chi connectivity index (χ0n) is 19.8. The van der Waals surface area contributed by atoms with Gasteiger partial charge in [-0.2, -0.15) is 0 Å². The van der Waals surface area contributed by atoms with Gasteiger partial charge in [0.2, 0.25) is 0 Å². The molecule has 0 fully saturated rings. The van der Waals surface area contributed by atoms with Crippen molar-refractivity contribution in [1.29, 1.82) is 0 Å². The van der Waals surface area contributed by atoms with Crippen LogP contribution in [-0.4, -0.2) is 12.1 Å². The molecular weight excluding hydrogens is 326 g/mol. The van der Waals surface area contributed by atoms with Crippen molar-refractivity contribution in [2.24, 2.45) is 0 Å². The van der Waals surface area contributed by atoms with Crippen molar-refractivity contribution in [3.8, 4) is 0 Å². The van der Waals surface area contributed by atoms with Gasteiger partial charge in [0, 0.05) is 5.54 Å². The Balaban J connectivity index is 4.61. The quantitative estimate of drug-likeness (QED) is 0.184. The Kier molecular flexibility index (Phi) is 20.7. The molecule has 0 saturated carbocycles. The first-order valence-corrected chi connectivity index (χ1v) is 13.0. The number of rotatable bonds is 22. The van der Waals surface area contributed by atoms with Gasteiger partial charge in [0.15, 0.2) is 0 Å². The first-order chi connectivity index (χ1) is 13.2. The van der Waals surface area contributed by atoms with Crippen LogP contribution in [0, 0.1) is 0 Å². The summed E-state index contributed by atoms with van der Waals surface area (Å²) in [5.41, 5.74) is 0.444. The average Bonchev–Trinajstić information content (AvgIpc) is 2.68. The van der Waals surface area contributed by atoms with E-state index in [0.29, 0.717) is 5.54 Å². The van der Waals surface area contributed by atoms with Crippen LogP contribution in [0.2, 0.25) is 0 Å². The van der Waals surface area contributed by atoms with Crippen LogP contribution in [0.4, 0.5) is 0 Å². The number of unbranched alkanes of at least 4 members (excludes halogenated alkanes) is 13. The van der Waals surface area contributed by atoms with Gasteiger partial charge >= 0.3 is 0 Å². The molecule has 0 saturated heterocycles. The van der Waals surface area contributed by atoms with Gasteiger partial charge in [-0.05, 0) is 32.2 Å². The molecule has 0 amide bonds. The van der Waals surface area contributed by atoms with Gasteiger partial charge in [0.05, 0.1) is 0 Å². The van der Waals surface area contributed by atoms with Crippen LogP contribution in [0.15, 0.2) is 0 Å². The standard InChI is InChI=1S/C26H55N/c1-5-9-13-17-21-25-27-26(22-18-14-10-6-2,23-19-15-11-7-3)24-20-16-12-8-4/h27H,5-25H2,1-4H3. The van der Waals surface area contributed by atoms with Gasteiger partial charge in [-0.15, -0.1) is 0 Å². The summed E-state index contributed by atoms with van der Waals surface area (Å²) in [6, 6.07) is 0. The molecule has 0 bridgehead atoms. The molecule has 0 aromatic carbocycles. The van der Waals surface area contributed by atoms with E-state index < -0.39 is 0 Å². The molecule has 0 rings (SSSR count). The summed E-state index contributed by atoms with van der Waals surface area (Å²) in [5.74, 6) is 0. The SMILES string of the molecule is CCCCCCCNC(CCCCCC)(CCCCCC)CCCCCC. The lowest BCUT2D eigenvalue weighted by Gasteiger charge is -2.36. The van der Waals surface area contributed by atoms with Gasteiger partial charge in [0.1, 0.15) is 0 Å². The third-order valence-corrected chi connectivity index (χ3v) is 6.31. The topological polar surface area (TPSA) is 12.0 Å². The fraction of sp³-hybridized carbons (Fsp3) is 1.00. The molecule has 0 aliphatic rings. The fourth-order valence-electron chi connectivity index (χ4n) is 4.39. The van der Waals surface area contributed by atoms with E-state index in [-0.39, 0.29) is 0 Å².